The van der Waals surface area contributed by atoms with Gasteiger partial charge in [-0.2, -0.15) is 0 Å². The van der Waals surface area contributed by atoms with Gasteiger partial charge < -0.3 is 31.6 Å². The molecule has 11 nitrogen and oxygen atoms in total. The molecule has 1 amide bonds. The van der Waals surface area contributed by atoms with Gasteiger partial charge in [-0.1, -0.05) is 18.2 Å². The van der Waals surface area contributed by atoms with Crippen LogP contribution in [0.4, 0.5) is 10.5 Å². The van der Waals surface area contributed by atoms with Gasteiger partial charge in [0, 0.05) is 16.8 Å². The predicted molar refractivity (Wildman–Crippen MR) is 144 cm³/mol. The van der Waals surface area contributed by atoms with Gasteiger partial charge in [-0.25, -0.2) is 9.59 Å². The molecule has 0 aromatic heterocycles. The topological polar surface area (TPSA) is 200 Å². The molecule has 0 saturated carbocycles. The molecule has 0 aliphatic heterocycles. The molecule has 0 radical (unpaired) electrons. The number of carbonyl (C=O) groups excluding carboxylic acids is 2. The van der Waals surface area contributed by atoms with Crippen molar-refractivity contribution < 1.29 is 19.1 Å². The second-order valence-electron chi connectivity index (χ2n) is 8.05. The minimum absolute atomic E-state index is 0.0203. The number of benzene rings is 4. The zero-order valence-corrected chi connectivity index (χ0v) is 19.9. The number of carbonyl (C=O) groups is 2. The Bertz CT molecular complexity index is 1570. The summed E-state index contributed by atoms with van der Waals surface area (Å²) in [6, 6.07) is 22.9. The molecule has 0 aliphatic rings. The molecule has 0 atom stereocenters. The van der Waals surface area contributed by atoms with Gasteiger partial charge in [-0.3, -0.25) is 16.2 Å². The Kier molecular flexibility index (Phi) is 7.29. The molecule has 0 bridgehead atoms. The molecule has 4 rings (SSSR count). The van der Waals surface area contributed by atoms with Gasteiger partial charge in [-0.05, 0) is 77.5 Å². The Morgan fingerprint density at radius 2 is 1.24 bits per heavy atom. The maximum Gasteiger partial charge on any atom is 0.409 e. The largest absolute Gasteiger partial charge is 0.423 e. The zero-order valence-electron chi connectivity index (χ0n) is 19.9. The molecule has 4 aromatic carbocycles. The highest BCUT2D eigenvalue weighted by atomic mass is 16.5. The van der Waals surface area contributed by atoms with E-state index in [-0.39, 0.29) is 23.4 Å². The number of primary amides is 1. The number of esters is 1. The number of amides is 1. The third-order valence-electron chi connectivity index (χ3n) is 5.33. The maximum absolute atomic E-state index is 12.6. The fourth-order valence-electron chi connectivity index (χ4n) is 3.49. The van der Waals surface area contributed by atoms with Crippen LogP contribution in [0.3, 0.4) is 0 Å². The van der Waals surface area contributed by atoms with Crippen molar-refractivity contribution in [3.8, 4) is 11.5 Å². The lowest BCUT2D eigenvalue weighted by Gasteiger charge is -2.12. The van der Waals surface area contributed by atoms with Crippen molar-refractivity contribution in [1.82, 2.24) is 5.32 Å². The van der Waals surface area contributed by atoms with E-state index in [4.69, 9.17) is 37.2 Å². The number of hydrogen-bond donors (Lipinski definition) is 7. The third-order valence-corrected chi connectivity index (χ3v) is 5.33. The number of hydrogen-bond acceptors (Lipinski definition) is 7. The monoisotopic (exact) mass is 509 g/mol. The average molecular weight is 510 g/mol. The van der Waals surface area contributed by atoms with E-state index >= 15 is 0 Å². The fourth-order valence-corrected chi connectivity index (χ4v) is 3.49. The molecule has 0 heterocycles. The lowest BCUT2D eigenvalue weighted by atomic mass is 10.1. The number of nitrogen functional groups attached to an aromatic ring is 1. The van der Waals surface area contributed by atoms with Crippen LogP contribution in [0.25, 0.3) is 10.8 Å². The van der Waals surface area contributed by atoms with Crippen molar-refractivity contribution >= 4 is 46.2 Å². The Hall–Kier alpha value is -5.71. The highest BCUT2D eigenvalue weighted by Crippen LogP contribution is 2.23. The van der Waals surface area contributed by atoms with Crippen LogP contribution in [-0.4, -0.2) is 29.7 Å². The van der Waals surface area contributed by atoms with Gasteiger partial charge >= 0.3 is 12.1 Å². The number of nitrogens with one attached hydrogen (secondary N) is 5. The van der Waals surface area contributed by atoms with Crippen LogP contribution in [0.2, 0.25) is 0 Å². The summed E-state index contributed by atoms with van der Waals surface area (Å²) in [5.74, 6) is -0.167. The summed E-state index contributed by atoms with van der Waals surface area (Å²) >= 11 is 0. The molecular weight excluding hydrogens is 486 g/mol. The van der Waals surface area contributed by atoms with E-state index in [2.05, 4.69) is 10.6 Å². The van der Waals surface area contributed by atoms with Gasteiger partial charge in [-0.15, -0.1) is 0 Å². The Morgan fingerprint density at radius 1 is 0.658 bits per heavy atom. The quantitative estimate of drug-likeness (QED) is 0.0887. The minimum atomic E-state index is -0.935. The van der Waals surface area contributed by atoms with Gasteiger partial charge in [0.05, 0.1) is 5.56 Å². The second-order valence-corrected chi connectivity index (χ2v) is 8.05. The fraction of sp³-hybridized carbons (Fsp3) is 0. The third kappa shape index (κ3) is 6.29. The highest BCUT2D eigenvalue weighted by Gasteiger charge is 2.11. The number of rotatable bonds is 6. The van der Waals surface area contributed by atoms with Crippen LogP contribution in [0, 0.1) is 16.2 Å². The minimum Gasteiger partial charge on any atom is -0.423 e. The molecule has 0 saturated heterocycles. The first-order valence-electron chi connectivity index (χ1n) is 11.2. The molecule has 0 aliphatic carbocycles. The summed E-state index contributed by atoms with van der Waals surface area (Å²) in [6.45, 7) is 0. The normalized spacial score (nSPS) is 10.3. The lowest BCUT2D eigenvalue weighted by Crippen LogP contribution is -2.35. The van der Waals surface area contributed by atoms with E-state index in [0.29, 0.717) is 28.1 Å². The van der Waals surface area contributed by atoms with Gasteiger partial charge in [0.15, 0.2) is 5.96 Å². The van der Waals surface area contributed by atoms with E-state index in [1.165, 1.54) is 12.1 Å². The van der Waals surface area contributed by atoms with Crippen molar-refractivity contribution in [2.75, 3.05) is 5.32 Å². The van der Waals surface area contributed by atoms with Crippen LogP contribution in [-0.2, 0) is 0 Å². The maximum atomic E-state index is 12.6. The molecule has 11 heteroatoms. The van der Waals surface area contributed by atoms with E-state index in [9.17, 15) is 9.59 Å². The van der Waals surface area contributed by atoms with Gasteiger partial charge in [0.1, 0.15) is 23.2 Å². The molecule has 0 spiro atoms. The van der Waals surface area contributed by atoms with Gasteiger partial charge in [0.25, 0.3) is 0 Å². The van der Waals surface area contributed by atoms with Crippen molar-refractivity contribution in [2.24, 2.45) is 11.5 Å². The first-order chi connectivity index (χ1) is 18.2. The van der Waals surface area contributed by atoms with Crippen LogP contribution in [0.5, 0.6) is 11.5 Å². The number of amidine groups is 2. The number of guanidine groups is 1. The standard InChI is InChI=1S/C27H23N7O4/c28-23(29)19-2-1-18-14-22(12-7-17(18)13-19)37-25(35)16-3-8-20(9-4-16)33-26(31)34-24(30)15-5-10-21(11-6-15)38-27(32)36/h1-14H,(H3,28,29)(H2,32,36)(H4,30,31,33,34). The smallest absolute Gasteiger partial charge is 0.409 e. The number of anilines is 1. The highest BCUT2D eigenvalue weighted by molar-refractivity contribution is 6.10. The number of fused-ring (bicyclic) bond motifs is 1. The van der Waals surface area contributed by atoms with E-state index in [0.717, 1.165) is 10.8 Å². The van der Waals surface area contributed by atoms with Crippen LogP contribution in [0.1, 0.15) is 21.5 Å². The first-order valence-corrected chi connectivity index (χ1v) is 11.2. The summed E-state index contributed by atoms with van der Waals surface area (Å²) in [7, 11) is 0. The van der Waals surface area contributed by atoms with Crippen molar-refractivity contribution in [3.63, 3.8) is 0 Å². The summed E-state index contributed by atoms with van der Waals surface area (Å²) in [6.07, 6.45) is -0.935. The van der Waals surface area contributed by atoms with Gasteiger partial charge in [0.2, 0.25) is 0 Å². The average Bonchev–Trinajstić information content (AvgIpc) is 2.88. The molecule has 0 unspecified atom stereocenters. The SMILES string of the molecule is N=C(NC(=N)c1ccc(OC(N)=O)cc1)Nc1ccc(C(=O)Oc2ccc3cc(C(=N)N)ccc3c2)cc1. The summed E-state index contributed by atoms with van der Waals surface area (Å²) in [5.41, 5.74) is 12.4. The zero-order chi connectivity index (χ0) is 27.2. The predicted octanol–water partition coefficient (Wildman–Crippen LogP) is 3.76. The van der Waals surface area contributed by atoms with Crippen molar-refractivity contribution in [2.45, 2.75) is 0 Å². The molecule has 190 valence electrons. The molecule has 38 heavy (non-hydrogen) atoms. The molecule has 0 fully saturated rings. The summed E-state index contributed by atoms with van der Waals surface area (Å²) in [5, 5.41) is 30.8. The van der Waals surface area contributed by atoms with Crippen LogP contribution in [0.15, 0.2) is 84.9 Å². The Balaban J connectivity index is 1.33. The van der Waals surface area contributed by atoms with Crippen LogP contribution >= 0.6 is 0 Å². The Labute approximate surface area is 216 Å². The number of nitrogens with two attached hydrogens (primary N) is 2. The lowest BCUT2D eigenvalue weighted by molar-refractivity contribution is 0.0735. The molecule has 9 N–H and O–H groups in total. The van der Waals surface area contributed by atoms with Crippen molar-refractivity contribution in [3.05, 3.63) is 102 Å². The second kappa shape index (κ2) is 10.9. The van der Waals surface area contributed by atoms with E-state index < -0.39 is 12.1 Å². The van der Waals surface area contributed by atoms with E-state index in [1.807, 2.05) is 0 Å². The summed E-state index contributed by atoms with van der Waals surface area (Å²) < 4.78 is 10.2. The molecule has 4 aromatic rings. The molecular formula is C27H23N7O4. The first kappa shape index (κ1) is 25.4. The Morgan fingerprint density at radius 3 is 1.89 bits per heavy atom. The number of ether oxygens (including phenoxy) is 2. The van der Waals surface area contributed by atoms with Crippen molar-refractivity contribution in [1.29, 1.82) is 16.2 Å². The van der Waals surface area contributed by atoms with E-state index in [1.54, 1.807) is 72.8 Å². The van der Waals surface area contributed by atoms with Crippen LogP contribution < -0.4 is 31.6 Å². The summed E-state index contributed by atoms with van der Waals surface area (Å²) in [4.78, 5) is 23.4.